The Kier molecular flexibility index (Phi) is 28.6. The van der Waals surface area contributed by atoms with Crippen LogP contribution in [-0.4, -0.2) is 87.4 Å². The molecule has 2 unspecified atom stereocenters. The summed E-state index contributed by atoms with van der Waals surface area (Å²) >= 11 is 12.6. The number of para-hydroxylation sites is 2. The van der Waals surface area contributed by atoms with E-state index in [4.69, 9.17) is 41.7 Å². The highest BCUT2D eigenvalue weighted by atomic mass is 35.5. The number of halogens is 2. The van der Waals surface area contributed by atoms with Gasteiger partial charge in [-0.05, 0) is 43.0 Å². The molecule has 1 amide bonds. The molecular weight excluding hydrogens is 840 g/mol. The predicted molar refractivity (Wildman–Crippen MR) is 246 cm³/mol. The van der Waals surface area contributed by atoms with Crippen molar-refractivity contribution in [3.8, 4) is 0 Å². The Labute approximate surface area is 376 Å². The summed E-state index contributed by atoms with van der Waals surface area (Å²) in [6.07, 6.45) is 19.5. The van der Waals surface area contributed by atoms with Gasteiger partial charge in [0.1, 0.15) is 19.8 Å². The van der Waals surface area contributed by atoms with Crippen LogP contribution in [0.25, 0.3) is 0 Å². The maximum Gasteiger partial charge on any atom is 0.472 e. The third-order valence-corrected chi connectivity index (χ3v) is 11.7. The van der Waals surface area contributed by atoms with E-state index < -0.39 is 32.5 Å². The minimum atomic E-state index is -4.45. The Morgan fingerprint density at radius 2 is 1.25 bits per heavy atom. The number of carbonyl (C=O) groups is 3. The van der Waals surface area contributed by atoms with E-state index in [1.807, 2.05) is 45.4 Å². The zero-order valence-electron chi connectivity index (χ0n) is 37.4. The van der Waals surface area contributed by atoms with Crippen LogP contribution in [0.15, 0.2) is 42.5 Å². The van der Waals surface area contributed by atoms with Crippen LogP contribution in [0.3, 0.4) is 0 Å². The normalized spacial score (nSPS) is 13.0. The van der Waals surface area contributed by atoms with Gasteiger partial charge in [-0.15, -0.1) is 0 Å². The van der Waals surface area contributed by atoms with Crippen molar-refractivity contribution in [2.45, 2.75) is 148 Å². The molecule has 0 aromatic heterocycles. The topological polar surface area (TPSA) is 149 Å². The summed E-state index contributed by atoms with van der Waals surface area (Å²) in [4.78, 5) is 48.4. The molecular formula is C46H75Cl2N3O9P+. The van der Waals surface area contributed by atoms with Crippen LogP contribution in [0, 0.1) is 0 Å². The number of ether oxygens (including phenoxy) is 2. The molecule has 0 aliphatic rings. The van der Waals surface area contributed by atoms with Crippen molar-refractivity contribution in [3.05, 3.63) is 58.1 Å². The molecule has 2 rings (SSSR count). The highest BCUT2D eigenvalue weighted by Gasteiger charge is 2.27. The SMILES string of the molecule is CCCCCCCCCCCCCCCCCC(=O)OCC(COP(=O)(O)OCC[N+](C)(C)C)OC(=O)CCCCCNC(=O)Cc1ccccc1Nc1c(Cl)cccc1Cl. The third-order valence-electron chi connectivity index (χ3n) is 10.1. The van der Waals surface area contributed by atoms with Gasteiger partial charge in [-0.3, -0.25) is 23.4 Å². The minimum absolute atomic E-state index is 0.0141. The van der Waals surface area contributed by atoms with E-state index in [0.29, 0.717) is 59.0 Å². The van der Waals surface area contributed by atoms with Crippen LogP contribution >= 0.6 is 31.0 Å². The number of hydrogen-bond acceptors (Lipinski definition) is 9. The minimum Gasteiger partial charge on any atom is -0.462 e. The van der Waals surface area contributed by atoms with Crippen molar-refractivity contribution in [2.75, 3.05) is 59.4 Å². The molecule has 0 heterocycles. The summed E-state index contributed by atoms with van der Waals surface area (Å²) in [6.45, 7) is 2.34. The van der Waals surface area contributed by atoms with Gasteiger partial charge in [0.2, 0.25) is 5.91 Å². The Morgan fingerprint density at radius 1 is 0.705 bits per heavy atom. The molecule has 12 nitrogen and oxygen atoms in total. The number of unbranched alkanes of at least 4 members (excludes halogenated alkanes) is 16. The number of hydrogen-bond donors (Lipinski definition) is 3. The van der Waals surface area contributed by atoms with Crippen molar-refractivity contribution in [1.82, 2.24) is 5.32 Å². The number of phosphoric ester groups is 1. The van der Waals surface area contributed by atoms with Crippen LogP contribution in [-0.2, 0) is 43.9 Å². The van der Waals surface area contributed by atoms with Crippen LogP contribution in [0.1, 0.15) is 141 Å². The van der Waals surface area contributed by atoms with E-state index >= 15 is 0 Å². The van der Waals surface area contributed by atoms with Gasteiger partial charge in [0.25, 0.3) is 0 Å². The number of phosphoric acid groups is 1. The first-order valence-electron chi connectivity index (χ1n) is 22.5. The second kappa shape index (κ2) is 32.0. The van der Waals surface area contributed by atoms with Crippen molar-refractivity contribution in [1.29, 1.82) is 0 Å². The van der Waals surface area contributed by atoms with Crippen LogP contribution < -0.4 is 10.6 Å². The lowest BCUT2D eigenvalue weighted by molar-refractivity contribution is -0.870. The second-order valence-electron chi connectivity index (χ2n) is 16.8. The number of nitrogens with zero attached hydrogens (tertiary/aromatic N) is 1. The van der Waals surface area contributed by atoms with E-state index in [1.54, 1.807) is 18.2 Å². The number of nitrogens with one attached hydrogen (secondary N) is 2. The van der Waals surface area contributed by atoms with Crippen molar-refractivity contribution < 1.29 is 46.8 Å². The highest BCUT2D eigenvalue weighted by Crippen LogP contribution is 2.43. The maximum atomic E-state index is 12.8. The molecule has 346 valence electrons. The summed E-state index contributed by atoms with van der Waals surface area (Å²) in [5.41, 5.74) is 2.07. The van der Waals surface area contributed by atoms with Crippen LogP contribution in [0.4, 0.5) is 11.4 Å². The first-order chi connectivity index (χ1) is 29.2. The van der Waals surface area contributed by atoms with E-state index in [1.165, 1.54) is 70.6 Å². The van der Waals surface area contributed by atoms with Crippen LogP contribution in [0.2, 0.25) is 10.0 Å². The fourth-order valence-corrected chi connectivity index (χ4v) is 7.72. The van der Waals surface area contributed by atoms with Gasteiger partial charge in [-0.25, -0.2) is 4.57 Å². The molecule has 0 bridgehead atoms. The zero-order chi connectivity index (χ0) is 44.8. The van der Waals surface area contributed by atoms with E-state index in [0.717, 1.165) is 30.5 Å². The van der Waals surface area contributed by atoms with Gasteiger partial charge in [0.05, 0.1) is 49.9 Å². The maximum absolute atomic E-state index is 12.8. The van der Waals surface area contributed by atoms with Crippen molar-refractivity contribution >= 4 is 60.2 Å². The Balaban J connectivity index is 1.70. The summed E-state index contributed by atoms with van der Waals surface area (Å²) < 4.78 is 34.3. The highest BCUT2D eigenvalue weighted by molar-refractivity contribution is 7.47. The van der Waals surface area contributed by atoms with Gasteiger partial charge in [0.15, 0.2) is 6.10 Å². The molecule has 15 heteroatoms. The number of benzene rings is 2. The molecule has 0 aliphatic carbocycles. The standard InChI is InChI=1S/C46H74Cl2N3O9P/c1-5-6-7-8-9-10-11-12-13-14-15-16-17-18-20-30-44(53)57-36-39(37-59-61(55,56)58-34-33-51(2,3)4)60-45(54)31-21-19-24-32-49-43(52)35-38-26-22-23-29-42(38)50-46-40(47)27-25-28-41(46)48/h22-23,25-29,39,50H,5-21,24,30-37H2,1-4H3,(H-,49,52,55,56)/p+1. The molecule has 0 radical (unpaired) electrons. The second-order valence-corrected chi connectivity index (χ2v) is 19.1. The third kappa shape index (κ3) is 27.9. The number of esters is 2. The number of anilines is 2. The average Bonchev–Trinajstić information content (AvgIpc) is 3.20. The summed E-state index contributed by atoms with van der Waals surface area (Å²) in [6, 6.07) is 12.7. The average molecular weight is 916 g/mol. The van der Waals surface area contributed by atoms with Gasteiger partial charge in [-0.1, -0.05) is 151 Å². The zero-order valence-corrected chi connectivity index (χ0v) is 39.8. The Morgan fingerprint density at radius 3 is 1.84 bits per heavy atom. The van der Waals surface area contributed by atoms with E-state index in [-0.39, 0.29) is 38.4 Å². The number of rotatable bonds is 36. The van der Waals surface area contributed by atoms with Crippen molar-refractivity contribution in [3.63, 3.8) is 0 Å². The molecule has 0 saturated carbocycles. The number of likely N-dealkylation sites (N-methyl/N-ethyl adjacent to an activating group) is 1. The van der Waals surface area contributed by atoms with Gasteiger partial charge < -0.3 is 29.5 Å². The molecule has 2 aromatic carbocycles. The Bertz CT molecular complexity index is 1570. The Hall–Kier alpha value is -2.70. The monoisotopic (exact) mass is 914 g/mol. The van der Waals surface area contributed by atoms with Crippen molar-refractivity contribution in [2.24, 2.45) is 0 Å². The molecule has 61 heavy (non-hydrogen) atoms. The van der Waals surface area contributed by atoms with Crippen LogP contribution in [0.5, 0.6) is 0 Å². The first kappa shape index (κ1) is 54.4. The van der Waals surface area contributed by atoms with Gasteiger partial charge in [-0.2, -0.15) is 0 Å². The quantitative estimate of drug-likeness (QED) is 0.0261. The fraction of sp³-hybridized carbons (Fsp3) is 0.674. The first-order valence-corrected chi connectivity index (χ1v) is 24.8. The lowest BCUT2D eigenvalue weighted by Gasteiger charge is -2.24. The van der Waals surface area contributed by atoms with E-state index in [2.05, 4.69) is 17.6 Å². The molecule has 2 atom stereocenters. The molecule has 0 fully saturated rings. The van der Waals surface area contributed by atoms with Gasteiger partial charge >= 0.3 is 19.8 Å². The number of quaternary nitrogens is 1. The molecule has 0 saturated heterocycles. The summed E-state index contributed by atoms with van der Waals surface area (Å²) in [7, 11) is 1.32. The summed E-state index contributed by atoms with van der Waals surface area (Å²) in [5, 5.41) is 7.10. The fourth-order valence-electron chi connectivity index (χ4n) is 6.49. The van der Waals surface area contributed by atoms with E-state index in [9.17, 15) is 23.8 Å². The molecule has 0 spiro atoms. The molecule has 2 aromatic rings. The molecule has 0 aliphatic heterocycles. The largest absolute Gasteiger partial charge is 0.472 e. The lowest BCUT2D eigenvalue weighted by Crippen LogP contribution is -2.37. The molecule has 3 N–H and O–H groups in total. The lowest BCUT2D eigenvalue weighted by atomic mass is 10.0. The smallest absolute Gasteiger partial charge is 0.462 e. The number of carbonyl (C=O) groups excluding carboxylic acids is 3. The van der Waals surface area contributed by atoms with Gasteiger partial charge in [0, 0.05) is 25.1 Å². The predicted octanol–water partition coefficient (Wildman–Crippen LogP) is 11.5. The summed E-state index contributed by atoms with van der Waals surface area (Å²) in [5.74, 6) is -1.13. The number of amides is 1.